The molecule has 0 aromatic heterocycles. The topological polar surface area (TPSA) is 102 Å². The first-order valence-electron chi connectivity index (χ1n) is 7.94. The lowest BCUT2D eigenvalue weighted by molar-refractivity contribution is -0.122. The van der Waals surface area contributed by atoms with Crippen LogP contribution < -0.4 is 14.8 Å². The van der Waals surface area contributed by atoms with Crippen LogP contribution in [0.25, 0.3) is 0 Å². The maximum absolute atomic E-state index is 12.3. The Hall–Kier alpha value is -2.74. The normalized spacial score (nSPS) is 12.3. The maximum Gasteiger partial charge on any atom is 0.265 e. The van der Waals surface area contributed by atoms with E-state index in [0.717, 1.165) is 0 Å². The molecule has 0 aliphatic heterocycles. The van der Waals surface area contributed by atoms with Crippen molar-refractivity contribution < 1.29 is 27.8 Å². The van der Waals surface area contributed by atoms with Crippen LogP contribution in [0.15, 0.2) is 47.4 Å². The summed E-state index contributed by atoms with van der Waals surface area (Å²) < 4.78 is 34.6. The maximum atomic E-state index is 12.3. The van der Waals surface area contributed by atoms with Crippen molar-refractivity contribution in [3.63, 3.8) is 0 Å². The molecular formula is C18H21NO6S. The number of aromatic hydroxyl groups is 1. The van der Waals surface area contributed by atoms with Gasteiger partial charge in [0.25, 0.3) is 5.91 Å². The van der Waals surface area contributed by atoms with Gasteiger partial charge in [0.05, 0.1) is 23.4 Å². The number of benzene rings is 2. The second-order valence-corrected chi connectivity index (χ2v) is 7.79. The number of amides is 1. The highest BCUT2D eigenvalue weighted by Crippen LogP contribution is 2.27. The molecule has 1 unspecified atom stereocenters. The molecule has 2 N–H and O–H groups in total. The van der Waals surface area contributed by atoms with Gasteiger partial charge < -0.3 is 19.9 Å². The molecule has 8 heteroatoms. The summed E-state index contributed by atoms with van der Waals surface area (Å²) in [4.78, 5) is 12.3. The van der Waals surface area contributed by atoms with E-state index in [1.165, 1.54) is 32.2 Å². The molecule has 1 atom stereocenters. The second-order valence-electron chi connectivity index (χ2n) is 5.51. The summed E-state index contributed by atoms with van der Waals surface area (Å²) in [5.74, 6) is 0.181. The van der Waals surface area contributed by atoms with Crippen molar-refractivity contribution in [2.24, 2.45) is 0 Å². The van der Waals surface area contributed by atoms with Crippen LogP contribution >= 0.6 is 0 Å². The Morgan fingerprint density at radius 3 is 2.54 bits per heavy atom. The van der Waals surface area contributed by atoms with Gasteiger partial charge in [-0.1, -0.05) is 13.0 Å². The lowest BCUT2D eigenvalue weighted by Crippen LogP contribution is -2.30. The molecule has 1 amide bonds. The van der Waals surface area contributed by atoms with Crippen LogP contribution in [0.3, 0.4) is 0 Å². The summed E-state index contributed by atoms with van der Waals surface area (Å²) in [6.07, 6.45) is -0.882. The number of rotatable bonds is 7. The van der Waals surface area contributed by atoms with E-state index < -0.39 is 21.8 Å². The monoisotopic (exact) mass is 379 g/mol. The summed E-state index contributed by atoms with van der Waals surface area (Å²) in [7, 11) is -1.93. The van der Waals surface area contributed by atoms with Gasteiger partial charge in [-0.05, 0) is 37.3 Å². The molecule has 0 fully saturated rings. The predicted molar refractivity (Wildman–Crippen MR) is 97.5 cm³/mol. The highest BCUT2D eigenvalue weighted by atomic mass is 32.2. The van der Waals surface area contributed by atoms with E-state index in [1.807, 2.05) is 0 Å². The first-order valence-corrected chi connectivity index (χ1v) is 9.59. The van der Waals surface area contributed by atoms with Gasteiger partial charge in [0.1, 0.15) is 17.2 Å². The number of nitrogens with one attached hydrogen (secondary N) is 1. The number of methoxy groups -OCH3 is 1. The van der Waals surface area contributed by atoms with Gasteiger partial charge in [-0.2, -0.15) is 0 Å². The standard InChI is InChI=1S/C18H21NO6S/c1-4-26(22,23)15-8-9-17(20)16(11-15)19-18(21)12(2)25-14-7-5-6-13(10-14)24-3/h5-12,20H,4H2,1-3H3,(H,19,21). The van der Waals surface area contributed by atoms with Gasteiger partial charge in [-0.3, -0.25) is 4.79 Å². The fourth-order valence-corrected chi connectivity index (χ4v) is 3.05. The van der Waals surface area contributed by atoms with E-state index in [4.69, 9.17) is 9.47 Å². The number of hydrogen-bond acceptors (Lipinski definition) is 6. The lowest BCUT2D eigenvalue weighted by atomic mass is 10.2. The number of ether oxygens (including phenoxy) is 2. The Labute approximate surface area is 152 Å². The smallest absolute Gasteiger partial charge is 0.265 e. The lowest BCUT2D eigenvalue weighted by Gasteiger charge is -2.16. The number of carbonyl (C=O) groups is 1. The third kappa shape index (κ3) is 4.66. The number of phenolic OH excluding ortho intramolecular Hbond substituents is 1. The molecule has 0 aliphatic rings. The van der Waals surface area contributed by atoms with Gasteiger partial charge in [0.2, 0.25) is 0 Å². The van der Waals surface area contributed by atoms with Crippen molar-refractivity contribution >= 4 is 21.4 Å². The molecule has 0 saturated heterocycles. The summed E-state index contributed by atoms with van der Waals surface area (Å²) in [5.41, 5.74) is 0.00520. The zero-order chi connectivity index (χ0) is 19.3. The minimum atomic E-state index is -3.46. The highest BCUT2D eigenvalue weighted by molar-refractivity contribution is 7.91. The van der Waals surface area contributed by atoms with Gasteiger partial charge in [0, 0.05) is 6.07 Å². The predicted octanol–water partition coefficient (Wildman–Crippen LogP) is 2.60. The summed E-state index contributed by atoms with van der Waals surface area (Å²) in [5, 5.41) is 12.4. The van der Waals surface area contributed by atoms with E-state index in [2.05, 4.69) is 5.32 Å². The molecule has 140 valence electrons. The van der Waals surface area contributed by atoms with Crippen LogP contribution in [0, 0.1) is 0 Å². The van der Waals surface area contributed by atoms with Crippen molar-refractivity contribution in [3.05, 3.63) is 42.5 Å². The molecule has 0 heterocycles. The number of anilines is 1. The molecule has 0 radical (unpaired) electrons. The average molecular weight is 379 g/mol. The second kappa shape index (κ2) is 8.09. The van der Waals surface area contributed by atoms with Gasteiger partial charge in [-0.25, -0.2) is 8.42 Å². The molecular weight excluding hydrogens is 358 g/mol. The van der Waals surface area contributed by atoms with Gasteiger partial charge in [0.15, 0.2) is 15.9 Å². The Balaban J connectivity index is 2.14. The van der Waals surface area contributed by atoms with E-state index in [1.54, 1.807) is 31.2 Å². The van der Waals surface area contributed by atoms with Crippen molar-refractivity contribution in [1.29, 1.82) is 0 Å². The van der Waals surface area contributed by atoms with E-state index >= 15 is 0 Å². The van der Waals surface area contributed by atoms with Crippen LogP contribution in [0.5, 0.6) is 17.2 Å². The van der Waals surface area contributed by atoms with Crippen molar-refractivity contribution in [2.45, 2.75) is 24.8 Å². The van der Waals surface area contributed by atoms with Crippen LogP contribution in [-0.4, -0.2) is 38.4 Å². The number of hydrogen-bond donors (Lipinski definition) is 2. The first kappa shape index (κ1) is 19.6. The summed E-state index contributed by atoms with van der Waals surface area (Å²) >= 11 is 0. The minimum Gasteiger partial charge on any atom is -0.506 e. The minimum absolute atomic E-state index is 0.00520. The largest absolute Gasteiger partial charge is 0.506 e. The zero-order valence-corrected chi connectivity index (χ0v) is 15.5. The average Bonchev–Trinajstić information content (AvgIpc) is 2.63. The van der Waals surface area contributed by atoms with E-state index in [-0.39, 0.29) is 22.1 Å². The fraction of sp³-hybridized carbons (Fsp3) is 0.278. The molecule has 0 bridgehead atoms. The number of sulfone groups is 1. The third-order valence-corrected chi connectivity index (χ3v) is 5.42. The number of carbonyl (C=O) groups excluding carboxylic acids is 1. The molecule has 26 heavy (non-hydrogen) atoms. The Morgan fingerprint density at radius 1 is 1.19 bits per heavy atom. The summed E-state index contributed by atoms with van der Waals surface area (Å²) in [6.45, 7) is 3.06. The van der Waals surface area contributed by atoms with Crippen molar-refractivity contribution in [2.75, 3.05) is 18.2 Å². The molecule has 0 saturated carbocycles. The molecule has 2 aromatic rings. The third-order valence-electron chi connectivity index (χ3n) is 3.69. The fourth-order valence-electron chi connectivity index (χ4n) is 2.14. The molecule has 0 spiro atoms. The van der Waals surface area contributed by atoms with Gasteiger partial charge >= 0.3 is 0 Å². The van der Waals surface area contributed by atoms with Crippen molar-refractivity contribution in [1.82, 2.24) is 0 Å². The Morgan fingerprint density at radius 2 is 1.88 bits per heavy atom. The van der Waals surface area contributed by atoms with Crippen LogP contribution in [-0.2, 0) is 14.6 Å². The van der Waals surface area contributed by atoms with E-state index in [0.29, 0.717) is 11.5 Å². The Kier molecular flexibility index (Phi) is 6.10. The highest BCUT2D eigenvalue weighted by Gasteiger charge is 2.19. The van der Waals surface area contributed by atoms with Crippen LogP contribution in [0.4, 0.5) is 5.69 Å². The SMILES string of the molecule is CCS(=O)(=O)c1ccc(O)c(NC(=O)C(C)Oc2cccc(OC)c2)c1. The quantitative estimate of drug-likeness (QED) is 0.717. The molecule has 2 rings (SSSR count). The summed E-state index contributed by atoms with van der Waals surface area (Å²) in [6, 6.07) is 10.5. The number of phenols is 1. The van der Waals surface area contributed by atoms with Gasteiger partial charge in [-0.15, -0.1) is 0 Å². The van der Waals surface area contributed by atoms with Crippen molar-refractivity contribution in [3.8, 4) is 17.2 Å². The molecule has 0 aliphatic carbocycles. The van der Waals surface area contributed by atoms with Crippen LogP contribution in [0.2, 0.25) is 0 Å². The van der Waals surface area contributed by atoms with E-state index in [9.17, 15) is 18.3 Å². The molecule has 2 aromatic carbocycles. The molecule has 7 nitrogen and oxygen atoms in total. The zero-order valence-electron chi connectivity index (χ0n) is 14.7. The Bertz CT molecular complexity index is 894. The first-order chi connectivity index (χ1) is 12.3. The van der Waals surface area contributed by atoms with Crippen LogP contribution in [0.1, 0.15) is 13.8 Å².